The monoisotopic (exact) mass is 382 g/mol. The predicted molar refractivity (Wildman–Crippen MR) is 104 cm³/mol. The molecule has 0 saturated carbocycles. The number of hydrogen-bond acceptors (Lipinski definition) is 4. The summed E-state index contributed by atoms with van der Waals surface area (Å²) in [5, 5.41) is 8.94. The molecule has 1 amide bonds. The van der Waals surface area contributed by atoms with Gasteiger partial charge in [-0.1, -0.05) is 12.1 Å². The summed E-state index contributed by atoms with van der Waals surface area (Å²) in [5.41, 5.74) is 0.328. The van der Waals surface area contributed by atoms with Crippen LogP contribution in [0.1, 0.15) is 39.4 Å². The summed E-state index contributed by atoms with van der Waals surface area (Å²) in [6.07, 6.45) is -0.733. The highest BCUT2D eigenvalue weighted by molar-refractivity contribution is 5.79. The Bertz CT molecular complexity index is 600. The molecule has 0 aliphatic carbocycles. The van der Waals surface area contributed by atoms with Crippen molar-refractivity contribution in [3.63, 3.8) is 0 Å². The van der Waals surface area contributed by atoms with Gasteiger partial charge in [0.15, 0.2) is 5.96 Å². The summed E-state index contributed by atoms with van der Waals surface area (Å²) in [6.45, 7) is 9.35. The molecule has 8 heteroatoms. The lowest BCUT2D eigenvalue weighted by molar-refractivity contribution is 0.0529. The average Bonchev–Trinajstić information content (AvgIpc) is 2.59. The number of benzene rings is 1. The van der Waals surface area contributed by atoms with Gasteiger partial charge in [0, 0.05) is 26.7 Å². The van der Waals surface area contributed by atoms with Crippen LogP contribution in [0, 0.1) is 5.82 Å². The molecule has 7 nitrogen and oxygen atoms in total. The van der Waals surface area contributed by atoms with E-state index < -0.39 is 11.7 Å². The van der Waals surface area contributed by atoms with E-state index in [4.69, 9.17) is 9.47 Å². The summed E-state index contributed by atoms with van der Waals surface area (Å²) in [7, 11) is 1.59. The molecule has 1 rings (SSSR count). The smallest absolute Gasteiger partial charge is 0.407 e. The quantitative estimate of drug-likeness (QED) is 0.366. The first-order valence-electron chi connectivity index (χ1n) is 9.02. The van der Waals surface area contributed by atoms with Crippen LogP contribution in [0.5, 0.6) is 0 Å². The zero-order valence-corrected chi connectivity index (χ0v) is 16.8. The Morgan fingerprint density at radius 1 is 1.15 bits per heavy atom. The highest BCUT2D eigenvalue weighted by Gasteiger charge is 2.15. The number of alkyl carbamates (subject to hydrolysis) is 1. The van der Waals surface area contributed by atoms with Crippen molar-refractivity contribution in [1.29, 1.82) is 0 Å². The van der Waals surface area contributed by atoms with Gasteiger partial charge in [0.05, 0.1) is 6.54 Å². The van der Waals surface area contributed by atoms with Crippen molar-refractivity contribution >= 4 is 12.1 Å². The summed E-state index contributed by atoms with van der Waals surface area (Å²) >= 11 is 0. The number of rotatable bonds is 8. The van der Waals surface area contributed by atoms with Gasteiger partial charge in [-0.05, 0) is 45.4 Å². The van der Waals surface area contributed by atoms with Crippen LogP contribution >= 0.6 is 0 Å². The van der Waals surface area contributed by atoms with Gasteiger partial charge in [-0.3, -0.25) is 4.99 Å². The Balaban J connectivity index is 2.51. The van der Waals surface area contributed by atoms with Crippen molar-refractivity contribution in [3.05, 3.63) is 35.6 Å². The first-order chi connectivity index (χ1) is 12.7. The Hall–Kier alpha value is -2.35. The van der Waals surface area contributed by atoms with Crippen LogP contribution in [0.15, 0.2) is 29.3 Å². The van der Waals surface area contributed by atoms with Gasteiger partial charge in [0.1, 0.15) is 17.5 Å². The van der Waals surface area contributed by atoms with E-state index in [1.54, 1.807) is 19.2 Å². The van der Waals surface area contributed by atoms with Gasteiger partial charge in [0.25, 0.3) is 0 Å². The molecule has 0 bridgehead atoms. The Labute approximate surface area is 160 Å². The number of nitrogens with one attached hydrogen (secondary N) is 3. The van der Waals surface area contributed by atoms with Gasteiger partial charge in [-0.2, -0.15) is 0 Å². The molecule has 0 fully saturated rings. The third kappa shape index (κ3) is 9.79. The van der Waals surface area contributed by atoms with E-state index in [1.807, 2.05) is 27.7 Å². The largest absolute Gasteiger partial charge is 0.444 e. The van der Waals surface area contributed by atoms with Gasteiger partial charge in [0.2, 0.25) is 0 Å². The molecule has 27 heavy (non-hydrogen) atoms. The maximum atomic E-state index is 13.1. The van der Waals surface area contributed by atoms with E-state index in [-0.39, 0.29) is 11.9 Å². The van der Waals surface area contributed by atoms with Crippen LogP contribution in [-0.2, 0) is 9.47 Å². The minimum Gasteiger partial charge on any atom is -0.444 e. The number of amides is 1. The third-order valence-electron chi connectivity index (χ3n) is 3.37. The second kappa shape index (κ2) is 11.4. The van der Waals surface area contributed by atoms with Crippen LogP contribution in [0.2, 0.25) is 0 Å². The fourth-order valence-electron chi connectivity index (χ4n) is 2.17. The molecular weight excluding hydrogens is 351 g/mol. The number of carbonyl (C=O) groups is 1. The van der Waals surface area contributed by atoms with Gasteiger partial charge >= 0.3 is 6.09 Å². The Morgan fingerprint density at radius 2 is 1.78 bits per heavy atom. The highest BCUT2D eigenvalue weighted by Crippen LogP contribution is 2.17. The number of carbonyl (C=O) groups excluding carboxylic acids is 1. The summed E-state index contributed by atoms with van der Waals surface area (Å²) < 4.78 is 23.7. The predicted octanol–water partition coefficient (Wildman–Crippen LogP) is 2.59. The number of methoxy groups -OCH3 is 1. The van der Waals surface area contributed by atoms with Crippen LogP contribution < -0.4 is 16.0 Å². The van der Waals surface area contributed by atoms with Gasteiger partial charge in [-0.15, -0.1) is 0 Å². The Kier molecular flexibility index (Phi) is 9.56. The molecule has 152 valence electrons. The van der Waals surface area contributed by atoms with Crippen LogP contribution in [0.25, 0.3) is 0 Å². The third-order valence-corrected chi connectivity index (χ3v) is 3.37. The molecule has 0 aliphatic heterocycles. The van der Waals surface area contributed by atoms with Gasteiger partial charge < -0.3 is 25.4 Å². The molecule has 0 radical (unpaired) electrons. The molecule has 1 aromatic carbocycles. The zero-order valence-electron chi connectivity index (χ0n) is 16.8. The zero-order chi connectivity index (χ0) is 20.3. The maximum absolute atomic E-state index is 13.1. The fraction of sp³-hybridized carbons (Fsp3) is 0.579. The number of ether oxygens (including phenoxy) is 2. The van der Waals surface area contributed by atoms with Crippen molar-refractivity contribution in [1.82, 2.24) is 16.0 Å². The lowest BCUT2D eigenvalue weighted by atomic mass is 10.1. The highest BCUT2D eigenvalue weighted by atomic mass is 19.1. The number of halogens is 1. The lowest BCUT2D eigenvalue weighted by Gasteiger charge is -2.20. The summed E-state index contributed by atoms with van der Waals surface area (Å²) in [5.74, 6) is 0.317. The van der Waals surface area contributed by atoms with Crippen molar-refractivity contribution in [3.8, 4) is 0 Å². The SMILES string of the molecule is CCNC(=NCC(OC)c1ccc(F)cc1)NCCNC(=O)OC(C)(C)C. The van der Waals surface area contributed by atoms with Crippen LogP contribution in [0.4, 0.5) is 9.18 Å². The normalized spacial score (nSPS) is 13.0. The second-order valence-corrected chi connectivity index (χ2v) is 6.85. The van der Waals surface area contributed by atoms with E-state index in [0.717, 1.165) is 5.56 Å². The molecule has 0 aliphatic rings. The van der Waals surface area contributed by atoms with E-state index >= 15 is 0 Å². The molecule has 0 spiro atoms. The second-order valence-electron chi connectivity index (χ2n) is 6.85. The minimum absolute atomic E-state index is 0.277. The Morgan fingerprint density at radius 3 is 2.33 bits per heavy atom. The molecular formula is C19H31FN4O3. The van der Waals surface area contributed by atoms with E-state index in [1.165, 1.54) is 12.1 Å². The summed E-state index contributed by atoms with van der Waals surface area (Å²) in [6, 6.07) is 6.17. The molecule has 0 heterocycles. The minimum atomic E-state index is -0.524. The molecule has 0 aromatic heterocycles. The summed E-state index contributed by atoms with van der Waals surface area (Å²) in [4.78, 5) is 16.1. The van der Waals surface area contributed by atoms with Gasteiger partial charge in [-0.25, -0.2) is 9.18 Å². The first kappa shape index (κ1) is 22.7. The lowest BCUT2D eigenvalue weighted by Crippen LogP contribution is -2.42. The first-order valence-corrected chi connectivity index (χ1v) is 9.02. The molecule has 3 N–H and O–H groups in total. The molecule has 1 aromatic rings. The van der Waals surface area contributed by atoms with Crippen molar-refractivity contribution in [2.75, 3.05) is 33.3 Å². The van der Waals surface area contributed by atoms with Crippen LogP contribution in [-0.4, -0.2) is 50.9 Å². The number of hydrogen-bond donors (Lipinski definition) is 3. The average molecular weight is 382 g/mol. The number of nitrogens with zero attached hydrogens (tertiary/aromatic N) is 1. The van der Waals surface area contributed by atoms with Crippen molar-refractivity contribution in [2.45, 2.75) is 39.4 Å². The van der Waals surface area contributed by atoms with E-state index in [9.17, 15) is 9.18 Å². The topological polar surface area (TPSA) is 84.0 Å². The molecule has 1 atom stereocenters. The molecule has 1 unspecified atom stereocenters. The van der Waals surface area contributed by atoms with Crippen LogP contribution in [0.3, 0.4) is 0 Å². The van der Waals surface area contributed by atoms with E-state index in [2.05, 4.69) is 20.9 Å². The van der Waals surface area contributed by atoms with Crippen molar-refractivity contribution in [2.24, 2.45) is 4.99 Å². The number of aliphatic imine (C=N–C) groups is 1. The van der Waals surface area contributed by atoms with E-state index in [0.29, 0.717) is 32.1 Å². The maximum Gasteiger partial charge on any atom is 0.407 e. The number of guanidine groups is 1. The standard InChI is InChI=1S/C19H31FN4O3/c1-6-21-17(22-11-12-23-18(25)27-19(2,3)4)24-13-16(26-5)14-7-9-15(20)10-8-14/h7-10,16H,6,11-13H2,1-5H3,(H,23,25)(H2,21,22,24). The fourth-order valence-corrected chi connectivity index (χ4v) is 2.17. The molecule has 0 saturated heterocycles. The van der Waals surface area contributed by atoms with Crippen molar-refractivity contribution < 1.29 is 18.7 Å².